The first kappa shape index (κ1) is 20.3. The Bertz CT molecular complexity index is 910. The Kier molecular flexibility index (Phi) is 6.38. The zero-order chi connectivity index (χ0) is 19.5. The van der Waals surface area contributed by atoms with Crippen molar-refractivity contribution in [2.24, 2.45) is 0 Å². The number of carbonyl (C=O) groups excluding carboxylic acids is 1. The lowest BCUT2D eigenvalue weighted by atomic mass is 10.3. The summed E-state index contributed by atoms with van der Waals surface area (Å²) in [7, 11) is -3.94. The zero-order valence-electron chi connectivity index (χ0n) is 14.5. The van der Waals surface area contributed by atoms with Crippen LogP contribution >= 0.6 is 11.6 Å². The predicted octanol–water partition coefficient (Wildman–Crippen LogP) is 2.74. The number of halogens is 2. The van der Waals surface area contributed by atoms with Crippen LogP contribution in [0.4, 0.5) is 4.39 Å². The summed E-state index contributed by atoms with van der Waals surface area (Å²) in [5.41, 5.74) is 0.146. The fourth-order valence-electron chi connectivity index (χ4n) is 2.27. The molecule has 0 saturated heterocycles. The fourth-order valence-corrected chi connectivity index (χ4v) is 3.52. The van der Waals surface area contributed by atoms with Gasteiger partial charge in [-0.2, -0.15) is 0 Å². The number of rotatable bonds is 7. The number of nitrogens with one attached hydrogen (secondary N) is 1. The number of sulfonamides is 1. The summed E-state index contributed by atoms with van der Waals surface area (Å²) in [6, 6.07) is 3.07. The minimum absolute atomic E-state index is 0.0507. The van der Waals surface area contributed by atoms with E-state index in [1.807, 2.05) is 13.8 Å². The molecule has 10 heteroatoms. The summed E-state index contributed by atoms with van der Waals surface area (Å²) >= 11 is 5.61. The second-order valence-electron chi connectivity index (χ2n) is 5.39. The van der Waals surface area contributed by atoms with Crippen molar-refractivity contribution in [2.45, 2.75) is 32.2 Å². The molecule has 0 spiro atoms. The first-order valence-electron chi connectivity index (χ1n) is 7.89. The van der Waals surface area contributed by atoms with Crippen molar-refractivity contribution >= 4 is 27.5 Å². The Morgan fingerprint density at radius 2 is 2.00 bits per heavy atom. The average molecular weight is 404 g/mol. The highest BCUT2D eigenvalue weighted by atomic mass is 35.5. The Balaban J connectivity index is 2.15. The van der Waals surface area contributed by atoms with Gasteiger partial charge in [-0.1, -0.05) is 11.6 Å². The molecule has 1 N–H and O–H groups in total. The molecule has 0 fully saturated rings. The van der Waals surface area contributed by atoms with Crippen LogP contribution in [0, 0.1) is 12.7 Å². The van der Waals surface area contributed by atoms with Crippen molar-refractivity contribution < 1.29 is 22.0 Å². The highest BCUT2D eigenvalue weighted by molar-refractivity contribution is 7.89. The lowest BCUT2D eigenvalue weighted by molar-refractivity contribution is 0.0766. The van der Waals surface area contributed by atoms with E-state index < -0.39 is 15.8 Å². The molecular weight excluding hydrogens is 385 g/mol. The molecule has 0 aliphatic rings. The van der Waals surface area contributed by atoms with Crippen molar-refractivity contribution in [3.63, 3.8) is 0 Å². The number of aromatic nitrogens is 1. The summed E-state index contributed by atoms with van der Waals surface area (Å²) < 4.78 is 45.4. The van der Waals surface area contributed by atoms with E-state index in [1.54, 1.807) is 11.8 Å². The van der Waals surface area contributed by atoms with E-state index in [1.165, 1.54) is 0 Å². The molecule has 0 unspecified atom stereocenters. The topological polar surface area (TPSA) is 92.5 Å². The van der Waals surface area contributed by atoms with Crippen LogP contribution in [0.1, 0.15) is 36.0 Å². The predicted molar refractivity (Wildman–Crippen MR) is 93.9 cm³/mol. The van der Waals surface area contributed by atoms with Crippen molar-refractivity contribution in [1.82, 2.24) is 14.6 Å². The van der Waals surface area contributed by atoms with Crippen LogP contribution in [0.2, 0.25) is 5.02 Å². The van der Waals surface area contributed by atoms with E-state index in [-0.39, 0.29) is 34.0 Å². The molecule has 7 nitrogen and oxygen atoms in total. The molecular formula is C16H19ClFN3O4S. The molecule has 142 valence electrons. The van der Waals surface area contributed by atoms with Gasteiger partial charge in [0, 0.05) is 13.1 Å². The Labute approximate surface area is 156 Å². The van der Waals surface area contributed by atoms with E-state index in [2.05, 4.69) is 9.71 Å². The van der Waals surface area contributed by atoms with Gasteiger partial charge in [0.1, 0.15) is 11.6 Å². The molecule has 1 heterocycles. The SMILES string of the molecule is CCN(CC)C(=O)c1nc(CNS(=O)(=O)c2ccc(F)c(Cl)c2)oc1C. The highest BCUT2D eigenvalue weighted by Crippen LogP contribution is 2.20. The molecule has 1 amide bonds. The van der Waals surface area contributed by atoms with Crippen molar-refractivity contribution in [2.75, 3.05) is 13.1 Å². The molecule has 0 aliphatic heterocycles. The molecule has 2 rings (SSSR count). The lowest BCUT2D eigenvalue weighted by Crippen LogP contribution is -2.31. The standard InChI is InChI=1S/C16H19ClFN3O4S/c1-4-21(5-2)16(22)15-10(3)25-14(20-15)9-19-26(23,24)11-6-7-13(18)12(17)8-11/h6-8,19H,4-5,9H2,1-3H3. The maximum atomic E-state index is 13.2. The summed E-state index contributed by atoms with van der Waals surface area (Å²) in [5, 5.41) is -0.299. The van der Waals surface area contributed by atoms with Crippen LogP contribution in [0.15, 0.2) is 27.5 Å². The van der Waals surface area contributed by atoms with Gasteiger partial charge in [-0.15, -0.1) is 0 Å². The maximum absolute atomic E-state index is 13.2. The van der Waals surface area contributed by atoms with Crippen LogP contribution in [-0.2, 0) is 16.6 Å². The number of carbonyl (C=O) groups is 1. The smallest absolute Gasteiger partial charge is 0.276 e. The number of hydrogen-bond acceptors (Lipinski definition) is 5. The molecule has 1 aromatic heterocycles. The highest BCUT2D eigenvalue weighted by Gasteiger charge is 2.22. The van der Waals surface area contributed by atoms with E-state index in [4.69, 9.17) is 16.0 Å². The van der Waals surface area contributed by atoms with Gasteiger partial charge in [0.05, 0.1) is 16.5 Å². The molecule has 1 aromatic carbocycles. The van der Waals surface area contributed by atoms with Gasteiger partial charge in [-0.3, -0.25) is 4.79 Å². The Hall–Kier alpha value is -1.97. The number of aryl methyl sites for hydroxylation is 1. The summed E-state index contributed by atoms with van der Waals surface area (Å²) in [6.45, 7) is 6.06. The monoisotopic (exact) mass is 403 g/mol. The summed E-state index contributed by atoms with van der Waals surface area (Å²) in [4.78, 5) is 17.8. The van der Waals surface area contributed by atoms with Gasteiger partial charge in [-0.05, 0) is 39.0 Å². The van der Waals surface area contributed by atoms with Gasteiger partial charge >= 0.3 is 0 Å². The Morgan fingerprint density at radius 3 is 2.58 bits per heavy atom. The minimum atomic E-state index is -3.94. The fraction of sp³-hybridized carbons (Fsp3) is 0.375. The zero-order valence-corrected chi connectivity index (χ0v) is 16.1. The molecule has 0 bridgehead atoms. The van der Waals surface area contributed by atoms with Crippen LogP contribution in [0.25, 0.3) is 0 Å². The third kappa shape index (κ3) is 4.40. The average Bonchev–Trinajstić information content (AvgIpc) is 2.97. The van der Waals surface area contributed by atoms with Gasteiger partial charge < -0.3 is 9.32 Å². The second-order valence-corrected chi connectivity index (χ2v) is 7.56. The van der Waals surface area contributed by atoms with Crippen molar-refractivity contribution in [3.8, 4) is 0 Å². The number of amides is 1. The van der Waals surface area contributed by atoms with Gasteiger partial charge in [0.2, 0.25) is 15.9 Å². The quantitative estimate of drug-likeness (QED) is 0.767. The molecule has 0 atom stereocenters. The number of nitrogens with zero attached hydrogens (tertiary/aromatic N) is 2. The van der Waals surface area contributed by atoms with Crippen molar-refractivity contribution in [1.29, 1.82) is 0 Å². The van der Waals surface area contributed by atoms with Crippen LogP contribution in [0.3, 0.4) is 0 Å². The summed E-state index contributed by atoms with van der Waals surface area (Å²) in [5.74, 6) is -0.639. The van der Waals surface area contributed by atoms with Gasteiger partial charge in [0.25, 0.3) is 5.91 Å². The minimum Gasteiger partial charge on any atom is -0.444 e. The van der Waals surface area contributed by atoms with E-state index in [0.717, 1.165) is 18.2 Å². The molecule has 2 aromatic rings. The number of benzene rings is 1. The first-order chi connectivity index (χ1) is 12.2. The molecule has 0 aliphatic carbocycles. The number of hydrogen-bond donors (Lipinski definition) is 1. The molecule has 26 heavy (non-hydrogen) atoms. The lowest BCUT2D eigenvalue weighted by Gasteiger charge is -2.16. The largest absolute Gasteiger partial charge is 0.444 e. The van der Waals surface area contributed by atoms with Crippen LogP contribution in [0.5, 0.6) is 0 Å². The van der Waals surface area contributed by atoms with Crippen LogP contribution < -0.4 is 4.72 Å². The van der Waals surface area contributed by atoms with Gasteiger partial charge in [-0.25, -0.2) is 22.5 Å². The van der Waals surface area contributed by atoms with Gasteiger partial charge in [0.15, 0.2) is 5.69 Å². The normalized spacial score (nSPS) is 11.6. The molecule has 0 radical (unpaired) electrons. The maximum Gasteiger partial charge on any atom is 0.276 e. The second kappa shape index (κ2) is 8.15. The Morgan fingerprint density at radius 1 is 1.35 bits per heavy atom. The first-order valence-corrected chi connectivity index (χ1v) is 9.76. The number of oxazole rings is 1. The third-order valence-corrected chi connectivity index (χ3v) is 5.40. The van der Waals surface area contributed by atoms with E-state index >= 15 is 0 Å². The van der Waals surface area contributed by atoms with Crippen LogP contribution in [-0.4, -0.2) is 37.3 Å². The molecule has 0 saturated carbocycles. The van der Waals surface area contributed by atoms with E-state index in [9.17, 15) is 17.6 Å². The summed E-state index contributed by atoms with van der Waals surface area (Å²) in [6.07, 6.45) is 0. The van der Waals surface area contributed by atoms with Crippen molar-refractivity contribution in [3.05, 3.63) is 46.4 Å². The third-order valence-electron chi connectivity index (χ3n) is 3.71. The van der Waals surface area contributed by atoms with E-state index in [0.29, 0.717) is 18.8 Å².